The highest BCUT2D eigenvalue weighted by Gasteiger charge is 2.33. The molecule has 0 spiro atoms. The van der Waals surface area contributed by atoms with Gasteiger partial charge in [0.05, 0.1) is 6.42 Å². The molecule has 0 aromatic heterocycles. The maximum absolute atomic E-state index is 12.8. The first kappa shape index (κ1) is 26.2. The molecule has 0 bridgehead atoms. The van der Waals surface area contributed by atoms with Crippen molar-refractivity contribution in [2.75, 3.05) is 0 Å². The molecule has 0 saturated carbocycles. The monoisotopic (exact) mass is 417 g/mol. The van der Waals surface area contributed by atoms with Crippen LogP contribution in [0.2, 0.25) is 0 Å². The molecular formula is C26H43NO3. The van der Waals surface area contributed by atoms with E-state index in [1.54, 1.807) is 0 Å². The van der Waals surface area contributed by atoms with Crippen molar-refractivity contribution < 1.29 is 14.7 Å². The number of rotatable bonds is 8. The molecule has 0 fully saturated rings. The van der Waals surface area contributed by atoms with E-state index in [-0.39, 0.29) is 23.2 Å². The van der Waals surface area contributed by atoms with Gasteiger partial charge in [0, 0.05) is 11.1 Å². The highest BCUT2D eigenvalue weighted by atomic mass is 16.4. The zero-order chi connectivity index (χ0) is 23.5. The predicted molar refractivity (Wildman–Crippen MR) is 125 cm³/mol. The van der Waals surface area contributed by atoms with Crippen LogP contribution in [0.1, 0.15) is 110 Å². The fraction of sp³-hybridized carbons (Fsp3) is 0.692. The van der Waals surface area contributed by atoms with E-state index < -0.39 is 16.9 Å². The van der Waals surface area contributed by atoms with Crippen molar-refractivity contribution >= 4 is 11.9 Å². The summed E-state index contributed by atoms with van der Waals surface area (Å²) in [6, 6.07) is 7.98. The number of carbonyl (C=O) groups is 2. The third-order valence-electron chi connectivity index (χ3n) is 5.44. The van der Waals surface area contributed by atoms with Crippen molar-refractivity contribution in [2.24, 2.45) is 16.2 Å². The molecule has 4 nitrogen and oxygen atoms in total. The second-order valence-electron chi connectivity index (χ2n) is 12.6. The lowest BCUT2D eigenvalue weighted by molar-refractivity contribution is -0.139. The minimum absolute atomic E-state index is 0.0724. The van der Waals surface area contributed by atoms with Gasteiger partial charge in [-0.3, -0.25) is 9.59 Å². The van der Waals surface area contributed by atoms with Gasteiger partial charge < -0.3 is 10.4 Å². The molecule has 0 aliphatic carbocycles. The standard InChI is InChI=1S/C26H43NO3/c1-23(2,3)15-20(24(4,5)6)18-11-13-19(14-12-18)22(30)27-26(9,10)17-25(7,8)16-21(28)29/h11-14,20H,15-17H2,1-10H3,(H,27,30)(H,28,29). The molecule has 4 heteroatoms. The summed E-state index contributed by atoms with van der Waals surface area (Å²) in [7, 11) is 0. The Bertz CT molecular complexity index is 731. The zero-order valence-corrected chi connectivity index (χ0v) is 20.8. The Labute approximate surface area is 183 Å². The summed E-state index contributed by atoms with van der Waals surface area (Å²) in [5, 5.41) is 12.2. The van der Waals surface area contributed by atoms with Crippen LogP contribution in [-0.2, 0) is 4.79 Å². The van der Waals surface area contributed by atoms with Gasteiger partial charge in [0.25, 0.3) is 5.91 Å². The average Bonchev–Trinajstić information content (AvgIpc) is 2.47. The number of carboxylic acid groups (broad SMARTS) is 1. The van der Waals surface area contributed by atoms with Crippen molar-refractivity contribution in [1.29, 1.82) is 0 Å². The van der Waals surface area contributed by atoms with Crippen LogP contribution in [0.3, 0.4) is 0 Å². The summed E-state index contributed by atoms with van der Waals surface area (Å²) in [5.74, 6) is -0.537. The number of hydrogen-bond acceptors (Lipinski definition) is 2. The third kappa shape index (κ3) is 8.89. The van der Waals surface area contributed by atoms with Crippen LogP contribution in [0.4, 0.5) is 0 Å². The lowest BCUT2D eigenvalue weighted by Crippen LogP contribution is -2.46. The molecule has 0 aliphatic heterocycles. The second kappa shape index (κ2) is 9.11. The van der Waals surface area contributed by atoms with E-state index in [1.807, 2.05) is 39.8 Å². The molecule has 1 aromatic rings. The topological polar surface area (TPSA) is 66.4 Å². The highest BCUT2D eigenvalue weighted by molar-refractivity contribution is 5.94. The molecule has 0 aliphatic rings. The first-order chi connectivity index (χ1) is 13.3. The van der Waals surface area contributed by atoms with Gasteiger partial charge in [-0.15, -0.1) is 0 Å². The van der Waals surface area contributed by atoms with Crippen LogP contribution in [0.15, 0.2) is 24.3 Å². The minimum atomic E-state index is -0.818. The number of nitrogens with one attached hydrogen (secondary N) is 1. The Hall–Kier alpha value is -1.84. The third-order valence-corrected chi connectivity index (χ3v) is 5.44. The van der Waals surface area contributed by atoms with Gasteiger partial charge in [-0.25, -0.2) is 0 Å². The van der Waals surface area contributed by atoms with E-state index in [0.717, 1.165) is 6.42 Å². The molecule has 0 radical (unpaired) electrons. The van der Waals surface area contributed by atoms with E-state index in [1.165, 1.54) is 5.56 Å². The Morgan fingerprint density at radius 1 is 0.900 bits per heavy atom. The van der Waals surface area contributed by atoms with Crippen LogP contribution < -0.4 is 5.32 Å². The maximum atomic E-state index is 12.8. The number of benzene rings is 1. The van der Waals surface area contributed by atoms with Gasteiger partial charge in [-0.2, -0.15) is 0 Å². The minimum Gasteiger partial charge on any atom is -0.481 e. The van der Waals surface area contributed by atoms with Gasteiger partial charge in [-0.05, 0) is 66.5 Å². The first-order valence-corrected chi connectivity index (χ1v) is 11.0. The van der Waals surface area contributed by atoms with Crippen LogP contribution in [0.25, 0.3) is 0 Å². The summed E-state index contributed by atoms with van der Waals surface area (Å²) in [4.78, 5) is 23.9. The summed E-state index contributed by atoms with van der Waals surface area (Å²) in [6.45, 7) is 21.3. The van der Waals surface area contributed by atoms with Crippen molar-refractivity contribution in [3.8, 4) is 0 Å². The predicted octanol–water partition coefficient (Wildman–Crippen LogP) is 6.65. The van der Waals surface area contributed by atoms with Gasteiger partial charge in [0.15, 0.2) is 0 Å². The van der Waals surface area contributed by atoms with Crippen LogP contribution >= 0.6 is 0 Å². The number of carboxylic acids is 1. The molecule has 1 amide bonds. The molecule has 1 unspecified atom stereocenters. The molecule has 0 heterocycles. The van der Waals surface area contributed by atoms with Gasteiger partial charge in [0.1, 0.15) is 0 Å². The van der Waals surface area contributed by atoms with Gasteiger partial charge in [0.2, 0.25) is 0 Å². The maximum Gasteiger partial charge on any atom is 0.303 e. The lowest BCUT2D eigenvalue weighted by atomic mass is 9.69. The van der Waals surface area contributed by atoms with Gasteiger partial charge >= 0.3 is 5.97 Å². The number of amides is 1. The Morgan fingerprint density at radius 3 is 1.80 bits per heavy atom. The van der Waals surface area contributed by atoms with Crippen LogP contribution in [-0.4, -0.2) is 22.5 Å². The van der Waals surface area contributed by atoms with E-state index in [9.17, 15) is 9.59 Å². The molecule has 0 saturated heterocycles. The van der Waals surface area contributed by atoms with E-state index >= 15 is 0 Å². The fourth-order valence-corrected chi connectivity index (χ4v) is 4.50. The molecule has 1 atom stereocenters. The second-order valence-corrected chi connectivity index (χ2v) is 12.6. The molecule has 1 aromatic carbocycles. The molecule has 1 rings (SSSR count). The highest BCUT2D eigenvalue weighted by Crippen LogP contribution is 2.43. The van der Waals surface area contributed by atoms with Gasteiger partial charge in [-0.1, -0.05) is 67.5 Å². The largest absolute Gasteiger partial charge is 0.481 e. The fourth-order valence-electron chi connectivity index (χ4n) is 4.50. The van der Waals surface area contributed by atoms with Crippen LogP contribution in [0.5, 0.6) is 0 Å². The summed E-state index contributed by atoms with van der Waals surface area (Å²) in [5.41, 5.74) is 1.34. The molecule has 2 N–H and O–H groups in total. The summed E-state index contributed by atoms with van der Waals surface area (Å²) in [6.07, 6.45) is 1.73. The molecule has 170 valence electrons. The first-order valence-electron chi connectivity index (χ1n) is 11.0. The summed E-state index contributed by atoms with van der Waals surface area (Å²) >= 11 is 0. The summed E-state index contributed by atoms with van der Waals surface area (Å²) < 4.78 is 0. The zero-order valence-electron chi connectivity index (χ0n) is 20.8. The Kier molecular flexibility index (Phi) is 7.96. The smallest absolute Gasteiger partial charge is 0.303 e. The van der Waals surface area contributed by atoms with Crippen LogP contribution in [0, 0.1) is 16.2 Å². The Balaban J connectivity index is 2.96. The van der Waals surface area contributed by atoms with Crippen molar-refractivity contribution in [3.05, 3.63) is 35.4 Å². The number of aliphatic carboxylic acids is 1. The molecular weight excluding hydrogens is 374 g/mol. The van der Waals surface area contributed by atoms with E-state index in [2.05, 4.69) is 59.0 Å². The van der Waals surface area contributed by atoms with E-state index in [0.29, 0.717) is 17.9 Å². The number of carbonyl (C=O) groups excluding carboxylic acids is 1. The molecule has 30 heavy (non-hydrogen) atoms. The quantitative estimate of drug-likeness (QED) is 0.497. The van der Waals surface area contributed by atoms with Crippen molar-refractivity contribution in [3.63, 3.8) is 0 Å². The number of hydrogen-bond donors (Lipinski definition) is 2. The lowest BCUT2D eigenvalue weighted by Gasteiger charge is -2.36. The van der Waals surface area contributed by atoms with E-state index in [4.69, 9.17) is 5.11 Å². The van der Waals surface area contributed by atoms with Crippen molar-refractivity contribution in [2.45, 2.75) is 100.0 Å². The SMILES string of the molecule is CC(C)(C)CC(c1ccc(C(=O)NC(C)(C)CC(C)(C)CC(=O)O)cc1)C(C)(C)C. The van der Waals surface area contributed by atoms with Crippen molar-refractivity contribution in [1.82, 2.24) is 5.32 Å². The Morgan fingerprint density at radius 2 is 1.40 bits per heavy atom. The normalized spacial score (nSPS) is 14.3. The average molecular weight is 418 g/mol.